The molecule has 1 aromatic rings. The first-order chi connectivity index (χ1) is 9.82. The van der Waals surface area contributed by atoms with Crippen LogP contribution in [0.5, 0.6) is 0 Å². The Morgan fingerprint density at radius 1 is 1.33 bits per heavy atom. The van der Waals surface area contributed by atoms with E-state index in [-0.39, 0.29) is 0 Å². The third-order valence-corrected chi connectivity index (χ3v) is 5.97. The first-order valence-electron chi connectivity index (χ1n) is 7.60. The summed E-state index contributed by atoms with van der Waals surface area (Å²) in [5, 5.41) is 3.34. The van der Waals surface area contributed by atoms with Gasteiger partial charge in [-0.2, -0.15) is 0 Å². The van der Waals surface area contributed by atoms with Crippen LogP contribution in [0, 0.1) is 12.8 Å². The van der Waals surface area contributed by atoms with E-state index in [2.05, 4.69) is 19.2 Å². The fourth-order valence-electron chi connectivity index (χ4n) is 2.37. The standard InChI is InChI=1S/C16H26N2O2S/c1-12(2)17-10-15-6-5-7-16(13(15)3)21(19,20)18(4)11-14-8-9-14/h5-7,12,14,17H,8-11H2,1-4H3. The van der Waals surface area contributed by atoms with E-state index in [1.807, 2.05) is 19.1 Å². The molecule has 0 aromatic heterocycles. The van der Waals surface area contributed by atoms with Gasteiger partial charge in [-0.05, 0) is 42.9 Å². The Labute approximate surface area is 128 Å². The SMILES string of the molecule is Cc1c(CNC(C)C)cccc1S(=O)(=O)N(C)CC1CC1. The molecule has 0 atom stereocenters. The summed E-state index contributed by atoms with van der Waals surface area (Å²) in [6.45, 7) is 7.39. The Balaban J connectivity index is 2.23. The zero-order valence-corrected chi connectivity index (χ0v) is 14.2. The Kier molecular flexibility index (Phi) is 5.07. The summed E-state index contributed by atoms with van der Waals surface area (Å²) in [4.78, 5) is 0.439. The minimum Gasteiger partial charge on any atom is -0.310 e. The van der Waals surface area contributed by atoms with E-state index in [4.69, 9.17) is 0 Å². The molecule has 1 N–H and O–H groups in total. The second-order valence-electron chi connectivity index (χ2n) is 6.30. The zero-order valence-electron chi connectivity index (χ0n) is 13.4. The number of nitrogens with zero attached hydrogens (tertiary/aromatic N) is 1. The van der Waals surface area contributed by atoms with Crippen LogP contribution in [0.4, 0.5) is 0 Å². The highest BCUT2D eigenvalue weighted by molar-refractivity contribution is 7.89. The van der Waals surface area contributed by atoms with Crippen LogP contribution >= 0.6 is 0 Å². The summed E-state index contributed by atoms with van der Waals surface area (Å²) in [6, 6.07) is 5.92. The lowest BCUT2D eigenvalue weighted by Crippen LogP contribution is -2.30. The van der Waals surface area contributed by atoms with Crippen molar-refractivity contribution in [1.82, 2.24) is 9.62 Å². The normalized spacial score (nSPS) is 15.9. The largest absolute Gasteiger partial charge is 0.310 e. The molecule has 0 unspecified atom stereocenters. The first kappa shape index (κ1) is 16.5. The number of hydrogen-bond donors (Lipinski definition) is 1. The Morgan fingerprint density at radius 3 is 2.57 bits per heavy atom. The monoisotopic (exact) mass is 310 g/mol. The van der Waals surface area contributed by atoms with Gasteiger partial charge in [0, 0.05) is 26.2 Å². The molecule has 1 fully saturated rings. The maximum Gasteiger partial charge on any atom is 0.243 e. The van der Waals surface area contributed by atoms with Crippen LogP contribution < -0.4 is 5.32 Å². The molecule has 0 amide bonds. The first-order valence-corrected chi connectivity index (χ1v) is 9.04. The second kappa shape index (κ2) is 6.46. The molecule has 1 saturated carbocycles. The van der Waals surface area contributed by atoms with Crippen molar-refractivity contribution in [3.63, 3.8) is 0 Å². The molecular formula is C16H26N2O2S. The number of rotatable bonds is 7. The van der Waals surface area contributed by atoms with Gasteiger partial charge in [0.05, 0.1) is 4.90 Å². The number of nitrogens with one attached hydrogen (secondary N) is 1. The molecule has 0 radical (unpaired) electrons. The van der Waals surface area contributed by atoms with Gasteiger partial charge in [0.15, 0.2) is 0 Å². The van der Waals surface area contributed by atoms with Crippen LogP contribution in [-0.2, 0) is 16.6 Å². The smallest absolute Gasteiger partial charge is 0.243 e. The van der Waals surface area contributed by atoms with Crippen molar-refractivity contribution in [1.29, 1.82) is 0 Å². The average molecular weight is 310 g/mol. The van der Waals surface area contributed by atoms with E-state index in [1.165, 1.54) is 4.31 Å². The molecule has 5 heteroatoms. The van der Waals surface area contributed by atoms with E-state index < -0.39 is 10.0 Å². The van der Waals surface area contributed by atoms with Gasteiger partial charge in [0.25, 0.3) is 0 Å². The molecule has 2 rings (SSSR count). The summed E-state index contributed by atoms with van der Waals surface area (Å²) >= 11 is 0. The minimum absolute atomic E-state index is 0.377. The van der Waals surface area contributed by atoms with Crippen LogP contribution in [-0.4, -0.2) is 32.4 Å². The summed E-state index contributed by atoms with van der Waals surface area (Å²) in [5.74, 6) is 0.552. The van der Waals surface area contributed by atoms with Crippen LogP contribution in [0.15, 0.2) is 23.1 Å². The van der Waals surface area contributed by atoms with Crippen molar-refractivity contribution < 1.29 is 8.42 Å². The van der Waals surface area contributed by atoms with Gasteiger partial charge in [-0.25, -0.2) is 12.7 Å². The molecular weight excluding hydrogens is 284 g/mol. The lowest BCUT2D eigenvalue weighted by Gasteiger charge is -2.20. The molecule has 118 valence electrons. The fraction of sp³-hybridized carbons (Fsp3) is 0.625. The maximum absolute atomic E-state index is 12.7. The minimum atomic E-state index is -3.38. The predicted molar refractivity (Wildman–Crippen MR) is 85.7 cm³/mol. The van der Waals surface area contributed by atoms with Crippen LogP contribution in [0.1, 0.15) is 37.8 Å². The van der Waals surface area contributed by atoms with E-state index in [9.17, 15) is 8.42 Å². The van der Waals surface area contributed by atoms with E-state index in [0.717, 1.165) is 24.0 Å². The van der Waals surface area contributed by atoms with E-state index in [0.29, 0.717) is 29.9 Å². The highest BCUT2D eigenvalue weighted by atomic mass is 32.2. The van der Waals surface area contributed by atoms with Crippen LogP contribution in [0.3, 0.4) is 0 Å². The van der Waals surface area contributed by atoms with Gasteiger partial charge in [-0.3, -0.25) is 0 Å². The number of sulfonamides is 1. The van der Waals surface area contributed by atoms with Crippen molar-refractivity contribution in [3.05, 3.63) is 29.3 Å². The Hall–Kier alpha value is -0.910. The molecule has 1 aromatic carbocycles. The van der Waals surface area contributed by atoms with Gasteiger partial charge in [0.1, 0.15) is 0 Å². The average Bonchev–Trinajstić information content (AvgIpc) is 3.21. The molecule has 4 nitrogen and oxygen atoms in total. The lowest BCUT2D eigenvalue weighted by molar-refractivity contribution is 0.452. The third-order valence-electron chi connectivity index (χ3n) is 4.00. The fourth-order valence-corrected chi connectivity index (χ4v) is 3.89. The van der Waals surface area contributed by atoms with Gasteiger partial charge >= 0.3 is 0 Å². The maximum atomic E-state index is 12.7. The van der Waals surface area contributed by atoms with Crippen LogP contribution in [0.2, 0.25) is 0 Å². The highest BCUT2D eigenvalue weighted by Gasteiger charge is 2.30. The van der Waals surface area contributed by atoms with E-state index >= 15 is 0 Å². The topological polar surface area (TPSA) is 49.4 Å². The number of benzene rings is 1. The molecule has 0 saturated heterocycles. The summed E-state index contributed by atoms with van der Waals surface area (Å²) in [7, 11) is -1.69. The molecule has 0 heterocycles. The van der Waals surface area contributed by atoms with Crippen molar-refractivity contribution >= 4 is 10.0 Å². The molecule has 21 heavy (non-hydrogen) atoms. The summed E-state index contributed by atoms with van der Waals surface area (Å²) in [5.41, 5.74) is 1.90. The Bertz CT molecular complexity index is 592. The number of hydrogen-bond acceptors (Lipinski definition) is 3. The molecule has 1 aliphatic carbocycles. The molecule has 0 aliphatic heterocycles. The van der Waals surface area contributed by atoms with Gasteiger partial charge in [-0.15, -0.1) is 0 Å². The molecule has 1 aliphatic rings. The summed E-state index contributed by atoms with van der Waals surface area (Å²) < 4.78 is 26.9. The molecule has 0 spiro atoms. The summed E-state index contributed by atoms with van der Waals surface area (Å²) in [6.07, 6.45) is 2.30. The van der Waals surface area contributed by atoms with Gasteiger partial charge in [0.2, 0.25) is 10.0 Å². The third kappa shape index (κ3) is 4.05. The Morgan fingerprint density at radius 2 is 2.00 bits per heavy atom. The van der Waals surface area contributed by atoms with Crippen LogP contribution in [0.25, 0.3) is 0 Å². The quantitative estimate of drug-likeness (QED) is 0.842. The zero-order chi connectivity index (χ0) is 15.6. The van der Waals surface area contributed by atoms with Crippen molar-refractivity contribution in [3.8, 4) is 0 Å². The predicted octanol–water partition coefficient (Wildman–Crippen LogP) is 2.52. The second-order valence-corrected chi connectivity index (χ2v) is 8.32. The van der Waals surface area contributed by atoms with Crippen molar-refractivity contribution in [2.24, 2.45) is 5.92 Å². The highest BCUT2D eigenvalue weighted by Crippen LogP contribution is 2.31. The van der Waals surface area contributed by atoms with Gasteiger partial charge in [-0.1, -0.05) is 26.0 Å². The lowest BCUT2D eigenvalue weighted by atomic mass is 10.1. The van der Waals surface area contributed by atoms with E-state index in [1.54, 1.807) is 13.1 Å². The van der Waals surface area contributed by atoms with Crippen molar-refractivity contribution in [2.75, 3.05) is 13.6 Å². The molecule has 0 bridgehead atoms. The van der Waals surface area contributed by atoms with Crippen molar-refractivity contribution in [2.45, 2.75) is 51.1 Å². The van der Waals surface area contributed by atoms with Gasteiger partial charge < -0.3 is 5.32 Å².